The molecule has 4 heteroatoms. The molecule has 0 radical (unpaired) electrons. The van der Waals surface area contributed by atoms with Crippen LogP contribution < -0.4 is 5.32 Å². The minimum absolute atomic E-state index is 0.439. The van der Waals surface area contributed by atoms with E-state index in [-0.39, 0.29) is 0 Å². The number of nitrogens with zero attached hydrogens (tertiary/aromatic N) is 1. The summed E-state index contributed by atoms with van der Waals surface area (Å²) in [5, 5.41) is 13.4. The smallest absolute Gasteiger partial charge is 0.0914 e. The molecule has 1 aromatic carbocycles. The molecule has 1 aromatic rings. The highest BCUT2D eigenvalue weighted by molar-refractivity contribution is 9.10. The fraction of sp³-hybridized carbons (Fsp3) is 0.625. The van der Waals surface area contributed by atoms with E-state index in [0.29, 0.717) is 12.6 Å². The molecule has 0 amide bonds. The first kappa shape index (κ1) is 17.6. The van der Waals surface area contributed by atoms with Gasteiger partial charge in [0.15, 0.2) is 0 Å². The molecule has 1 unspecified atom stereocenters. The predicted molar refractivity (Wildman–Crippen MR) is 89.0 cm³/mol. The molecule has 0 aromatic heterocycles. The van der Waals surface area contributed by atoms with Crippen molar-refractivity contribution in [2.24, 2.45) is 0 Å². The molecule has 114 valence electrons. The van der Waals surface area contributed by atoms with Crippen molar-refractivity contribution in [3.05, 3.63) is 34.3 Å². The summed E-state index contributed by atoms with van der Waals surface area (Å²) in [4.78, 5) is 2.36. The van der Waals surface area contributed by atoms with Crippen molar-refractivity contribution in [1.82, 2.24) is 10.2 Å². The fourth-order valence-electron chi connectivity index (χ4n) is 1.94. The summed E-state index contributed by atoms with van der Waals surface area (Å²) >= 11 is 3.42. The van der Waals surface area contributed by atoms with Gasteiger partial charge in [0.2, 0.25) is 0 Å². The lowest BCUT2D eigenvalue weighted by atomic mass is 10.1. The highest BCUT2D eigenvalue weighted by Crippen LogP contribution is 2.17. The molecule has 0 heterocycles. The van der Waals surface area contributed by atoms with Crippen LogP contribution in [0.1, 0.15) is 38.4 Å². The van der Waals surface area contributed by atoms with Crippen molar-refractivity contribution >= 4 is 15.9 Å². The van der Waals surface area contributed by atoms with Crippen LogP contribution in [0.15, 0.2) is 28.7 Å². The van der Waals surface area contributed by atoms with Crippen LogP contribution in [-0.2, 0) is 0 Å². The van der Waals surface area contributed by atoms with E-state index in [1.54, 1.807) is 0 Å². The summed E-state index contributed by atoms with van der Waals surface area (Å²) in [7, 11) is 2.16. The van der Waals surface area contributed by atoms with Gasteiger partial charge >= 0.3 is 0 Å². The largest absolute Gasteiger partial charge is 0.387 e. The number of hydrogen-bond acceptors (Lipinski definition) is 3. The first-order chi connectivity index (χ1) is 9.50. The molecule has 2 N–H and O–H groups in total. The molecule has 0 saturated heterocycles. The van der Waals surface area contributed by atoms with Crippen LogP contribution in [0.3, 0.4) is 0 Å². The summed E-state index contributed by atoms with van der Waals surface area (Å²) in [6, 6.07) is 8.44. The van der Waals surface area contributed by atoms with Gasteiger partial charge in [0.25, 0.3) is 0 Å². The van der Waals surface area contributed by atoms with E-state index in [1.807, 2.05) is 24.3 Å². The Morgan fingerprint density at radius 3 is 2.70 bits per heavy atom. The van der Waals surface area contributed by atoms with Crippen LogP contribution in [0.4, 0.5) is 0 Å². The van der Waals surface area contributed by atoms with Crippen molar-refractivity contribution in [3.63, 3.8) is 0 Å². The van der Waals surface area contributed by atoms with E-state index in [1.165, 1.54) is 6.42 Å². The summed E-state index contributed by atoms with van der Waals surface area (Å²) in [6.07, 6.45) is 1.89. The van der Waals surface area contributed by atoms with Gasteiger partial charge in [-0.3, -0.25) is 0 Å². The van der Waals surface area contributed by atoms with Crippen LogP contribution in [0, 0.1) is 0 Å². The second kappa shape index (κ2) is 9.50. The van der Waals surface area contributed by atoms with Gasteiger partial charge in [-0.25, -0.2) is 0 Å². The van der Waals surface area contributed by atoms with Gasteiger partial charge in [0, 0.05) is 17.1 Å². The van der Waals surface area contributed by atoms with Gasteiger partial charge in [-0.05, 0) is 64.5 Å². The van der Waals surface area contributed by atoms with Gasteiger partial charge < -0.3 is 15.3 Å². The molecule has 0 aliphatic carbocycles. The summed E-state index contributed by atoms with van der Waals surface area (Å²) < 4.78 is 1.01. The summed E-state index contributed by atoms with van der Waals surface area (Å²) in [5.74, 6) is 0. The first-order valence-corrected chi connectivity index (χ1v) is 8.14. The molecule has 0 saturated carbocycles. The standard InChI is InChI=1S/C16H27BrN2O/c1-13(2)19(3)10-5-4-9-18-12-16(20)14-7-6-8-15(17)11-14/h6-8,11,13,16,18,20H,4-5,9-10,12H2,1-3H3. The van der Waals surface area contributed by atoms with Crippen LogP contribution >= 0.6 is 15.9 Å². The Bertz CT molecular complexity index is 384. The van der Waals surface area contributed by atoms with E-state index in [4.69, 9.17) is 0 Å². The number of aliphatic hydroxyl groups excluding tert-OH is 1. The van der Waals surface area contributed by atoms with Crippen molar-refractivity contribution in [2.75, 3.05) is 26.7 Å². The minimum atomic E-state index is -0.439. The third kappa shape index (κ3) is 6.84. The Hall–Kier alpha value is -0.420. The minimum Gasteiger partial charge on any atom is -0.387 e. The van der Waals surface area contributed by atoms with Crippen molar-refractivity contribution in [3.8, 4) is 0 Å². The molecule has 1 rings (SSSR count). The average molecular weight is 343 g/mol. The summed E-state index contributed by atoms with van der Waals surface area (Å²) in [6.45, 7) is 7.13. The fourth-order valence-corrected chi connectivity index (χ4v) is 2.36. The number of aliphatic hydroxyl groups is 1. The van der Waals surface area contributed by atoms with Crippen LogP contribution in [0.2, 0.25) is 0 Å². The number of nitrogens with one attached hydrogen (secondary N) is 1. The zero-order valence-corrected chi connectivity index (χ0v) is 14.4. The van der Waals surface area contributed by atoms with Gasteiger partial charge in [0.05, 0.1) is 6.10 Å². The van der Waals surface area contributed by atoms with E-state index < -0.39 is 6.10 Å². The van der Waals surface area contributed by atoms with Gasteiger partial charge in [0.1, 0.15) is 0 Å². The zero-order valence-electron chi connectivity index (χ0n) is 12.8. The predicted octanol–water partition coefficient (Wildman–Crippen LogP) is 3.19. The van der Waals surface area contributed by atoms with Crippen LogP contribution in [0.5, 0.6) is 0 Å². The lowest BCUT2D eigenvalue weighted by molar-refractivity contribution is 0.174. The van der Waals surface area contributed by atoms with Gasteiger partial charge in [-0.1, -0.05) is 28.1 Å². The second-order valence-electron chi connectivity index (χ2n) is 5.56. The maximum Gasteiger partial charge on any atom is 0.0914 e. The topological polar surface area (TPSA) is 35.5 Å². The monoisotopic (exact) mass is 342 g/mol. The number of benzene rings is 1. The quantitative estimate of drug-likeness (QED) is 0.676. The lowest BCUT2D eigenvalue weighted by Gasteiger charge is -2.20. The highest BCUT2D eigenvalue weighted by Gasteiger charge is 2.07. The maximum absolute atomic E-state index is 10.1. The summed E-state index contributed by atoms with van der Waals surface area (Å²) in [5.41, 5.74) is 0.950. The maximum atomic E-state index is 10.1. The molecular formula is C16H27BrN2O. The van der Waals surface area contributed by atoms with Gasteiger partial charge in [-0.15, -0.1) is 0 Å². The molecule has 3 nitrogen and oxygen atoms in total. The van der Waals surface area contributed by atoms with Crippen molar-refractivity contribution in [1.29, 1.82) is 0 Å². The normalized spacial score (nSPS) is 13.2. The molecule has 0 bridgehead atoms. The Labute approximate surface area is 131 Å². The SMILES string of the molecule is CC(C)N(C)CCCCNCC(O)c1cccc(Br)c1. The zero-order chi connectivity index (χ0) is 15.0. The molecular weight excluding hydrogens is 316 g/mol. The number of halogens is 1. The molecule has 0 spiro atoms. The number of hydrogen-bond donors (Lipinski definition) is 2. The Morgan fingerprint density at radius 2 is 2.05 bits per heavy atom. The molecule has 20 heavy (non-hydrogen) atoms. The highest BCUT2D eigenvalue weighted by atomic mass is 79.9. The number of rotatable bonds is 9. The Balaban J connectivity index is 2.12. The molecule has 1 atom stereocenters. The lowest BCUT2D eigenvalue weighted by Crippen LogP contribution is -2.28. The second-order valence-corrected chi connectivity index (χ2v) is 6.47. The van der Waals surface area contributed by atoms with E-state index in [0.717, 1.165) is 29.5 Å². The molecule has 0 aliphatic rings. The van der Waals surface area contributed by atoms with Crippen LogP contribution in [-0.4, -0.2) is 42.7 Å². The van der Waals surface area contributed by atoms with E-state index >= 15 is 0 Å². The molecule has 0 fully saturated rings. The van der Waals surface area contributed by atoms with Gasteiger partial charge in [-0.2, -0.15) is 0 Å². The number of unbranched alkanes of at least 4 members (excludes halogenated alkanes) is 1. The third-order valence-corrected chi connectivity index (χ3v) is 4.06. The average Bonchev–Trinajstić information content (AvgIpc) is 2.41. The van der Waals surface area contributed by atoms with Crippen molar-refractivity contribution < 1.29 is 5.11 Å². The first-order valence-electron chi connectivity index (χ1n) is 7.35. The van der Waals surface area contributed by atoms with Crippen LogP contribution in [0.25, 0.3) is 0 Å². The third-order valence-electron chi connectivity index (χ3n) is 3.57. The van der Waals surface area contributed by atoms with E-state index in [9.17, 15) is 5.11 Å². The Morgan fingerprint density at radius 1 is 1.30 bits per heavy atom. The van der Waals surface area contributed by atoms with E-state index in [2.05, 4.69) is 47.0 Å². The Kier molecular flexibility index (Phi) is 8.38. The molecule has 0 aliphatic heterocycles. The van der Waals surface area contributed by atoms with Crippen molar-refractivity contribution in [2.45, 2.75) is 38.8 Å².